The number of tetrazole rings is 1. The summed E-state index contributed by atoms with van der Waals surface area (Å²) in [6, 6.07) is 5.87. The van der Waals surface area contributed by atoms with Crippen molar-refractivity contribution < 1.29 is 9.59 Å². The van der Waals surface area contributed by atoms with Crippen LogP contribution in [0.2, 0.25) is 0 Å². The van der Waals surface area contributed by atoms with Crippen LogP contribution >= 0.6 is 0 Å². The molecule has 2 aromatic rings. The number of aryl methyl sites for hydroxylation is 2. The van der Waals surface area contributed by atoms with Crippen LogP contribution in [0.5, 0.6) is 0 Å². The smallest absolute Gasteiger partial charge is 0.254 e. The Morgan fingerprint density at radius 3 is 2.36 bits per heavy atom. The van der Waals surface area contributed by atoms with Crippen LogP contribution in [-0.2, 0) is 9.59 Å². The molecule has 2 amide bonds. The Hall–Kier alpha value is -2.77. The molecular weight excluding hydrogens is 320 g/mol. The standard InChI is InChI=1S/C17H24N6O2/c1-5-22(6-2)15(25)11-10-14(24)18-17-19-20-21-23(17)16-12(3)8-7-9-13(16)4/h7-9H,5-6,10-11H2,1-4H3,(H,18,19,21,24). The third-order valence-electron chi connectivity index (χ3n) is 4.05. The second kappa shape index (κ2) is 8.36. The molecule has 0 atom stereocenters. The number of hydrogen-bond acceptors (Lipinski definition) is 5. The summed E-state index contributed by atoms with van der Waals surface area (Å²) in [6.07, 6.45) is 0.257. The topological polar surface area (TPSA) is 93.0 Å². The van der Waals surface area contributed by atoms with Crippen LogP contribution in [0.1, 0.15) is 37.8 Å². The van der Waals surface area contributed by atoms with Gasteiger partial charge in [-0.05, 0) is 49.2 Å². The molecular formula is C17H24N6O2. The Morgan fingerprint density at radius 1 is 1.12 bits per heavy atom. The average molecular weight is 344 g/mol. The third-order valence-corrected chi connectivity index (χ3v) is 4.05. The highest BCUT2D eigenvalue weighted by molar-refractivity contribution is 5.92. The number of aromatic nitrogens is 4. The highest BCUT2D eigenvalue weighted by Gasteiger charge is 2.17. The van der Waals surface area contributed by atoms with Gasteiger partial charge in [0.2, 0.25) is 11.8 Å². The van der Waals surface area contributed by atoms with Crippen LogP contribution in [0.25, 0.3) is 5.69 Å². The third kappa shape index (κ3) is 4.40. The molecule has 0 aliphatic rings. The molecule has 8 nitrogen and oxygen atoms in total. The lowest BCUT2D eigenvalue weighted by molar-refractivity contribution is -0.132. The van der Waals surface area contributed by atoms with Gasteiger partial charge in [-0.3, -0.25) is 14.9 Å². The van der Waals surface area contributed by atoms with Crippen LogP contribution in [0, 0.1) is 13.8 Å². The van der Waals surface area contributed by atoms with Crippen LogP contribution in [-0.4, -0.2) is 50.0 Å². The van der Waals surface area contributed by atoms with Crippen molar-refractivity contribution in [1.82, 2.24) is 25.1 Å². The first-order valence-electron chi connectivity index (χ1n) is 8.40. The summed E-state index contributed by atoms with van der Waals surface area (Å²) in [5.74, 6) is -0.0741. The molecule has 1 aromatic carbocycles. The Bertz CT molecular complexity index is 731. The summed E-state index contributed by atoms with van der Waals surface area (Å²) >= 11 is 0. The van der Waals surface area contributed by atoms with Crippen molar-refractivity contribution >= 4 is 17.8 Å². The molecule has 0 fully saturated rings. The van der Waals surface area contributed by atoms with Crippen molar-refractivity contribution in [2.45, 2.75) is 40.5 Å². The van der Waals surface area contributed by atoms with Gasteiger partial charge in [-0.1, -0.05) is 23.3 Å². The number of nitrogens with one attached hydrogen (secondary N) is 1. The molecule has 0 bridgehead atoms. The molecule has 134 valence electrons. The van der Waals surface area contributed by atoms with E-state index in [2.05, 4.69) is 20.8 Å². The van der Waals surface area contributed by atoms with Gasteiger partial charge in [0.25, 0.3) is 5.95 Å². The first-order valence-corrected chi connectivity index (χ1v) is 8.40. The van der Waals surface area contributed by atoms with Gasteiger partial charge >= 0.3 is 0 Å². The van der Waals surface area contributed by atoms with E-state index < -0.39 is 0 Å². The number of hydrogen-bond donors (Lipinski definition) is 1. The van der Waals surface area contributed by atoms with Crippen molar-refractivity contribution in [3.8, 4) is 5.69 Å². The maximum absolute atomic E-state index is 12.2. The second-order valence-corrected chi connectivity index (χ2v) is 5.77. The number of carbonyl (C=O) groups excluding carboxylic acids is 2. The quantitative estimate of drug-likeness (QED) is 0.827. The molecule has 0 radical (unpaired) electrons. The number of amides is 2. The molecule has 0 aliphatic heterocycles. The van der Waals surface area contributed by atoms with Gasteiger partial charge in [0.15, 0.2) is 0 Å². The molecule has 8 heteroatoms. The van der Waals surface area contributed by atoms with Crippen LogP contribution in [0.3, 0.4) is 0 Å². The van der Waals surface area contributed by atoms with E-state index in [4.69, 9.17) is 0 Å². The summed E-state index contributed by atoms with van der Waals surface area (Å²) in [6.45, 7) is 9.03. The Kier molecular flexibility index (Phi) is 6.21. The summed E-state index contributed by atoms with van der Waals surface area (Å²) in [7, 11) is 0. The van der Waals surface area contributed by atoms with Gasteiger partial charge < -0.3 is 4.90 Å². The number of anilines is 1. The normalized spacial score (nSPS) is 10.6. The molecule has 25 heavy (non-hydrogen) atoms. The fraction of sp³-hybridized carbons (Fsp3) is 0.471. The molecule has 1 N–H and O–H groups in total. The molecule has 2 rings (SSSR count). The zero-order valence-electron chi connectivity index (χ0n) is 15.1. The van der Waals surface area contributed by atoms with E-state index in [1.807, 2.05) is 45.9 Å². The van der Waals surface area contributed by atoms with Gasteiger partial charge in [0.05, 0.1) is 5.69 Å². The molecule has 0 saturated carbocycles. The van der Waals surface area contributed by atoms with Crippen molar-refractivity contribution in [3.05, 3.63) is 29.3 Å². The van der Waals surface area contributed by atoms with Crippen LogP contribution in [0.4, 0.5) is 5.95 Å². The SMILES string of the molecule is CCN(CC)C(=O)CCC(=O)Nc1nnnn1-c1c(C)cccc1C. The van der Waals surface area contributed by atoms with Gasteiger partial charge in [-0.25, -0.2) is 0 Å². The first kappa shape index (κ1) is 18.6. The predicted octanol–water partition coefficient (Wildman–Crippen LogP) is 1.87. The summed E-state index contributed by atoms with van der Waals surface area (Å²) in [4.78, 5) is 25.9. The largest absolute Gasteiger partial charge is 0.343 e. The minimum atomic E-state index is -0.289. The van der Waals surface area contributed by atoms with Crippen molar-refractivity contribution in [3.63, 3.8) is 0 Å². The lowest BCUT2D eigenvalue weighted by Gasteiger charge is -2.18. The predicted molar refractivity (Wildman–Crippen MR) is 94.4 cm³/mol. The lowest BCUT2D eigenvalue weighted by atomic mass is 10.1. The number of carbonyl (C=O) groups is 2. The van der Waals surface area contributed by atoms with E-state index in [1.54, 1.807) is 4.90 Å². The van der Waals surface area contributed by atoms with E-state index >= 15 is 0 Å². The van der Waals surface area contributed by atoms with Crippen molar-refractivity contribution in [2.75, 3.05) is 18.4 Å². The molecule has 0 unspecified atom stereocenters. The highest BCUT2D eigenvalue weighted by atomic mass is 16.2. The van der Waals surface area contributed by atoms with Gasteiger partial charge in [0, 0.05) is 25.9 Å². The second-order valence-electron chi connectivity index (χ2n) is 5.77. The fourth-order valence-corrected chi connectivity index (χ4v) is 2.70. The average Bonchev–Trinajstić information content (AvgIpc) is 3.02. The van der Waals surface area contributed by atoms with Crippen LogP contribution in [0.15, 0.2) is 18.2 Å². The van der Waals surface area contributed by atoms with E-state index in [-0.39, 0.29) is 30.6 Å². The summed E-state index contributed by atoms with van der Waals surface area (Å²) < 4.78 is 1.51. The van der Waals surface area contributed by atoms with E-state index in [1.165, 1.54) is 4.68 Å². The maximum Gasteiger partial charge on any atom is 0.254 e. The minimum Gasteiger partial charge on any atom is -0.343 e. The van der Waals surface area contributed by atoms with E-state index in [0.717, 1.165) is 16.8 Å². The van der Waals surface area contributed by atoms with Crippen LogP contribution < -0.4 is 5.32 Å². The van der Waals surface area contributed by atoms with E-state index in [0.29, 0.717) is 13.1 Å². The number of rotatable bonds is 7. The molecule has 0 aliphatic carbocycles. The zero-order chi connectivity index (χ0) is 18.4. The maximum atomic E-state index is 12.2. The number of para-hydroxylation sites is 1. The van der Waals surface area contributed by atoms with Gasteiger partial charge in [0.1, 0.15) is 0 Å². The van der Waals surface area contributed by atoms with Crippen molar-refractivity contribution in [2.24, 2.45) is 0 Å². The molecule has 0 spiro atoms. The minimum absolute atomic E-state index is 0.0329. The summed E-state index contributed by atoms with van der Waals surface area (Å²) in [5, 5.41) is 14.2. The fourth-order valence-electron chi connectivity index (χ4n) is 2.70. The van der Waals surface area contributed by atoms with E-state index in [9.17, 15) is 9.59 Å². The Morgan fingerprint density at radius 2 is 1.76 bits per heavy atom. The summed E-state index contributed by atoms with van der Waals surface area (Å²) in [5.41, 5.74) is 2.83. The number of benzene rings is 1. The van der Waals surface area contributed by atoms with Gasteiger partial charge in [-0.2, -0.15) is 4.68 Å². The molecule has 1 heterocycles. The Labute approximate surface area is 147 Å². The van der Waals surface area contributed by atoms with Gasteiger partial charge in [-0.15, -0.1) is 0 Å². The highest BCUT2D eigenvalue weighted by Crippen LogP contribution is 2.20. The molecule has 0 saturated heterocycles. The zero-order valence-corrected chi connectivity index (χ0v) is 15.1. The first-order chi connectivity index (χ1) is 12.0. The lowest BCUT2D eigenvalue weighted by Crippen LogP contribution is -2.31. The number of nitrogens with zero attached hydrogens (tertiary/aromatic N) is 5. The Balaban J connectivity index is 2.06. The van der Waals surface area contributed by atoms with Crippen molar-refractivity contribution in [1.29, 1.82) is 0 Å². The molecule has 1 aromatic heterocycles. The monoisotopic (exact) mass is 344 g/mol.